The van der Waals surface area contributed by atoms with Crippen molar-refractivity contribution in [1.82, 2.24) is 13.7 Å². The Hall–Kier alpha value is -15.4. The fourth-order valence-electron chi connectivity index (χ4n) is 20.4. The van der Waals surface area contributed by atoms with Gasteiger partial charge in [0.15, 0.2) is 0 Å². The van der Waals surface area contributed by atoms with E-state index in [9.17, 15) is 0 Å². The summed E-state index contributed by atoms with van der Waals surface area (Å²) in [5.41, 5.74) is 28.8. The molecular weight excluding hydrogens is 1510 g/mol. The predicted octanol–water partition coefficient (Wildman–Crippen LogP) is 33.9. The van der Waals surface area contributed by atoms with Crippen molar-refractivity contribution < 1.29 is 0 Å². The highest BCUT2D eigenvalue weighted by Crippen LogP contribution is 2.51. The topological polar surface area (TPSA) is 14.8 Å². The van der Waals surface area contributed by atoms with Crippen LogP contribution < -0.4 is 0 Å². The Bertz CT molecular complexity index is 8020. The van der Waals surface area contributed by atoms with Gasteiger partial charge < -0.3 is 13.7 Å². The van der Waals surface area contributed by atoms with E-state index in [-0.39, 0.29) is 10.8 Å². The maximum absolute atomic E-state index is 2.46. The summed E-state index contributed by atoms with van der Waals surface area (Å²) in [6.07, 6.45) is 0. The average Bonchev–Trinajstić information content (AvgIpc) is 1.73. The minimum atomic E-state index is -0.0790. The first kappa shape index (κ1) is 75.8. The molecule has 0 amide bonds. The largest absolute Gasteiger partial charge is 0.309 e. The van der Waals surface area contributed by atoms with Gasteiger partial charge in [-0.2, -0.15) is 0 Å². The summed E-state index contributed by atoms with van der Waals surface area (Å²) in [4.78, 5) is 0. The van der Waals surface area contributed by atoms with E-state index < -0.39 is 0 Å². The van der Waals surface area contributed by atoms with Gasteiger partial charge in [-0.1, -0.05) is 412 Å². The summed E-state index contributed by atoms with van der Waals surface area (Å²) in [7, 11) is 0. The van der Waals surface area contributed by atoms with E-state index in [4.69, 9.17) is 0 Å². The molecule has 0 spiro atoms. The number of rotatable bonds is 9. The van der Waals surface area contributed by atoms with Crippen LogP contribution in [0.15, 0.2) is 443 Å². The van der Waals surface area contributed by atoms with E-state index in [1.54, 1.807) is 0 Å². The fourth-order valence-corrected chi connectivity index (χ4v) is 20.4. The van der Waals surface area contributed by atoms with E-state index in [1.165, 1.54) is 225 Å². The monoisotopic (exact) mass is 1600 g/mol. The minimum absolute atomic E-state index is 0.0760. The van der Waals surface area contributed by atoms with Crippen LogP contribution in [0.1, 0.15) is 52.7 Å². The van der Waals surface area contributed by atoms with E-state index in [0.29, 0.717) is 0 Å². The zero-order valence-corrected chi connectivity index (χ0v) is 71.0. The van der Waals surface area contributed by atoms with Crippen molar-refractivity contribution in [2.45, 2.75) is 52.4 Å². The van der Waals surface area contributed by atoms with Crippen molar-refractivity contribution in [1.29, 1.82) is 0 Å². The Morgan fingerprint density at radius 1 is 0.152 bits per heavy atom. The van der Waals surface area contributed by atoms with Gasteiger partial charge in [-0.15, -0.1) is 0 Å². The first-order valence-corrected chi connectivity index (χ1v) is 43.7. The molecule has 0 atom stereocenters. The van der Waals surface area contributed by atoms with Crippen LogP contribution in [0.5, 0.6) is 0 Å². The molecule has 24 rings (SSSR count). The Labute approximate surface area is 728 Å². The van der Waals surface area contributed by atoms with Gasteiger partial charge >= 0.3 is 0 Å². The SMILES string of the molecule is CC(C)(C)c1cc(-c2c3ccccc3c(-c3ccccc3)c3ccccc23)ccc1-n1c2ccccc2c2ccccc21.CC(C)(C)c1cc(-n2c3ccccc3c3ccccc32)ccc1-c1c2ccccc2c(-c2ccccc2)c2ccccc12.c1ccc(-c2c3ccccc3c(-c3cccc(-n4c5ccccc5c5ccccc54)c3)c3ccccc23)cc1. The smallest absolute Gasteiger partial charge is 0.0541 e. The average molecular weight is 1600 g/mol. The van der Waals surface area contributed by atoms with Crippen LogP contribution in [-0.4, -0.2) is 13.7 Å². The molecule has 0 aliphatic rings. The second-order valence-electron chi connectivity index (χ2n) is 35.2. The molecule has 3 nitrogen and oxygen atoms in total. The molecule has 0 unspecified atom stereocenters. The van der Waals surface area contributed by atoms with Gasteiger partial charge in [0, 0.05) is 49.4 Å². The lowest BCUT2D eigenvalue weighted by molar-refractivity contribution is 0.587. The number of aromatic nitrogens is 3. The predicted molar refractivity (Wildman–Crippen MR) is 537 cm³/mol. The summed E-state index contributed by atoms with van der Waals surface area (Å²) < 4.78 is 7.29. The summed E-state index contributed by atoms with van der Waals surface area (Å²) in [5, 5.41) is 23.1. The third-order valence-electron chi connectivity index (χ3n) is 25.8. The van der Waals surface area contributed by atoms with Gasteiger partial charge in [-0.3, -0.25) is 0 Å². The molecule has 0 aliphatic carbocycles. The van der Waals surface area contributed by atoms with Gasteiger partial charge in [-0.05, 0) is 226 Å². The Balaban J connectivity index is 0.000000111. The van der Waals surface area contributed by atoms with Crippen molar-refractivity contribution in [3.8, 4) is 83.8 Å². The zero-order valence-electron chi connectivity index (χ0n) is 71.0. The number of benzene rings is 21. The van der Waals surface area contributed by atoms with Crippen LogP contribution in [0, 0.1) is 0 Å². The lowest BCUT2D eigenvalue weighted by Crippen LogP contribution is -2.15. The Kier molecular flexibility index (Phi) is 18.7. The number of para-hydroxylation sites is 6. The lowest BCUT2D eigenvalue weighted by Gasteiger charge is -2.27. The van der Waals surface area contributed by atoms with Crippen LogP contribution in [0.4, 0.5) is 0 Å². The van der Waals surface area contributed by atoms with E-state index in [0.717, 1.165) is 0 Å². The maximum Gasteiger partial charge on any atom is 0.0541 e. The minimum Gasteiger partial charge on any atom is -0.309 e. The summed E-state index contributed by atoms with van der Waals surface area (Å²) in [6, 6.07) is 162. The molecule has 0 N–H and O–H groups in total. The summed E-state index contributed by atoms with van der Waals surface area (Å²) in [5.74, 6) is 0. The van der Waals surface area contributed by atoms with Crippen LogP contribution >= 0.6 is 0 Å². The molecule has 24 aromatic rings. The molecule has 0 saturated heterocycles. The third-order valence-corrected chi connectivity index (χ3v) is 25.8. The van der Waals surface area contributed by atoms with Crippen LogP contribution in [0.3, 0.4) is 0 Å². The van der Waals surface area contributed by atoms with Crippen molar-refractivity contribution in [3.63, 3.8) is 0 Å². The third kappa shape index (κ3) is 13.0. The highest BCUT2D eigenvalue weighted by Gasteiger charge is 2.29. The van der Waals surface area contributed by atoms with Gasteiger partial charge in [-0.25, -0.2) is 0 Å². The van der Waals surface area contributed by atoms with Gasteiger partial charge in [0.2, 0.25) is 0 Å². The first-order valence-electron chi connectivity index (χ1n) is 43.7. The van der Waals surface area contributed by atoms with Gasteiger partial charge in [0.05, 0.1) is 33.1 Å². The standard InChI is InChI=1S/2C42H33N.C38H25N/c1-42(2,3)36-27-29(25-26-39(36)43-37-23-13-11-17-30(37)31-18-12-14-24-38(31)43)41-34-21-9-7-19-32(34)40(28-15-5-4-6-16-28)33-20-8-10-22-35(33)41;1-42(2,3)37-27-29(43-38-23-13-11-17-30(38)31-18-12-14-24-39(31)43)25-26-36(37)41-34-21-9-7-19-32(34)40(28-15-5-4-6-16-28)33-20-8-10-22-35(33)41;1-2-13-26(14-3-1)37-31-19-4-6-21-33(31)38(34-22-7-5-20-32(34)37)27-15-12-16-28(25-27)39-35-23-10-8-17-29(35)30-18-9-11-24-36(30)39/h2*4-27H,1-3H3;1-25H. The van der Waals surface area contributed by atoms with Crippen molar-refractivity contribution in [2.75, 3.05) is 0 Å². The summed E-state index contributed by atoms with van der Waals surface area (Å²) in [6.45, 7) is 14.0. The molecule has 3 aromatic heterocycles. The van der Waals surface area contributed by atoms with Gasteiger partial charge in [0.25, 0.3) is 0 Å². The number of fused-ring (bicyclic) bond motifs is 15. The van der Waals surface area contributed by atoms with Gasteiger partial charge in [0.1, 0.15) is 0 Å². The molecule has 594 valence electrons. The molecule has 0 radical (unpaired) electrons. The van der Waals surface area contributed by atoms with Crippen LogP contribution in [-0.2, 0) is 10.8 Å². The first-order chi connectivity index (χ1) is 61.4. The molecule has 3 heteroatoms. The zero-order chi connectivity index (χ0) is 84.0. The molecule has 0 saturated carbocycles. The maximum atomic E-state index is 2.46. The molecule has 0 bridgehead atoms. The van der Waals surface area contributed by atoms with Crippen LogP contribution in [0.2, 0.25) is 0 Å². The summed E-state index contributed by atoms with van der Waals surface area (Å²) >= 11 is 0. The van der Waals surface area contributed by atoms with Crippen molar-refractivity contribution >= 4 is 130 Å². The van der Waals surface area contributed by atoms with Crippen LogP contribution in [0.25, 0.3) is 214 Å². The number of nitrogens with zero attached hydrogens (tertiary/aromatic N) is 3. The number of hydrogen-bond donors (Lipinski definition) is 0. The molecule has 3 heterocycles. The number of hydrogen-bond acceptors (Lipinski definition) is 0. The van der Waals surface area contributed by atoms with E-state index in [1.807, 2.05) is 0 Å². The highest BCUT2D eigenvalue weighted by atomic mass is 15.0. The normalized spacial score (nSPS) is 11.9. The van der Waals surface area contributed by atoms with E-state index in [2.05, 4.69) is 498 Å². The van der Waals surface area contributed by atoms with Crippen molar-refractivity contribution in [3.05, 3.63) is 454 Å². The molecule has 0 aliphatic heterocycles. The second-order valence-corrected chi connectivity index (χ2v) is 35.2. The molecular formula is C122H91N3. The lowest BCUT2D eigenvalue weighted by atomic mass is 9.78. The highest BCUT2D eigenvalue weighted by molar-refractivity contribution is 6.25. The Morgan fingerprint density at radius 3 is 0.680 bits per heavy atom. The Morgan fingerprint density at radius 2 is 0.384 bits per heavy atom. The molecule has 21 aromatic carbocycles. The van der Waals surface area contributed by atoms with E-state index >= 15 is 0 Å². The van der Waals surface area contributed by atoms with Crippen molar-refractivity contribution in [2.24, 2.45) is 0 Å². The molecule has 0 fully saturated rings. The molecule has 125 heavy (non-hydrogen) atoms. The fraction of sp³-hybridized carbons (Fsp3) is 0.0656. The quantitative estimate of drug-likeness (QED) is 0.128. The second kappa shape index (κ2) is 30.9.